The first-order chi connectivity index (χ1) is 14.7. The highest BCUT2D eigenvalue weighted by Gasteiger charge is 2.32. The molecule has 3 N–H and O–H groups in total. The fraction of sp³-hybridized carbons (Fsp3) is 0.375. The van der Waals surface area contributed by atoms with Gasteiger partial charge in [-0.2, -0.15) is 0 Å². The lowest BCUT2D eigenvalue weighted by molar-refractivity contribution is -0.142. The topological polar surface area (TPSA) is 99.3 Å². The van der Waals surface area contributed by atoms with E-state index in [9.17, 15) is 19.5 Å². The number of pyridine rings is 1. The van der Waals surface area contributed by atoms with E-state index in [-0.39, 0.29) is 17.5 Å². The van der Waals surface area contributed by atoms with Crippen LogP contribution in [0.5, 0.6) is 0 Å². The summed E-state index contributed by atoms with van der Waals surface area (Å²) in [6.07, 6.45) is 5.13. The predicted molar refractivity (Wildman–Crippen MR) is 119 cm³/mol. The molecule has 1 atom stereocenters. The number of aliphatic carboxylic acids is 1. The monoisotopic (exact) mass is 440 g/mol. The van der Waals surface area contributed by atoms with Gasteiger partial charge < -0.3 is 15.4 Å². The molecule has 1 aromatic carbocycles. The van der Waals surface area contributed by atoms with Crippen LogP contribution in [0.4, 0.5) is 0 Å². The quantitative estimate of drug-likeness (QED) is 0.632. The molecule has 4 rings (SSSR count). The Morgan fingerprint density at radius 1 is 1.16 bits per heavy atom. The van der Waals surface area contributed by atoms with Crippen molar-refractivity contribution in [3.05, 3.63) is 74.2 Å². The lowest BCUT2D eigenvalue weighted by Gasteiger charge is -2.22. The van der Waals surface area contributed by atoms with E-state index in [1.165, 1.54) is 0 Å². The number of carbonyl (C=O) groups excluding carboxylic acids is 1. The van der Waals surface area contributed by atoms with Crippen LogP contribution in [0, 0.1) is 0 Å². The maximum atomic E-state index is 12.6. The summed E-state index contributed by atoms with van der Waals surface area (Å²) in [6.45, 7) is 3.21. The molecule has 1 aliphatic carbocycles. The Morgan fingerprint density at radius 2 is 1.90 bits per heavy atom. The Labute approximate surface area is 185 Å². The summed E-state index contributed by atoms with van der Waals surface area (Å²) in [5.74, 6) is -0.632. The lowest BCUT2D eigenvalue weighted by Crippen LogP contribution is -2.28. The number of amides is 1. The zero-order valence-electron chi connectivity index (χ0n) is 17.5. The van der Waals surface area contributed by atoms with Gasteiger partial charge in [0.1, 0.15) is 0 Å². The molecule has 0 unspecified atom stereocenters. The zero-order valence-corrected chi connectivity index (χ0v) is 18.3. The number of halogens is 1. The van der Waals surface area contributed by atoms with E-state index in [0.29, 0.717) is 35.0 Å². The van der Waals surface area contributed by atoms with Gasteiger partial charge in [0.2, 0.25) is 5.91 Å². The average Bonchev–Trinajstić information content (AvgIpc) is 3.46. The maximum absolute atomic E-state index is 12.6. The number of H-pyrrole nitrogens is 1. The van der Waals surface area contributed by atoms with Crippen molar-refractivity contribution in [2.45, 2.75) is 56.9 Å². The fourth-order valence-corrected chi connectivity index (χ4v) is 4.38. The summed E-state index contributed by atoms with van der Waals surface area (Å²) in [5.41, 5.74) is 2.19. The van der Waals surface area contributed by atoms with Gasteiger partial charge in [-0.25, -0.2) is 0 Å². The zero-order chi connectivity index (χ0) is 22.3. The Balaban J connectivity index is 1.78. The average molecular weight is 441 g/mol. The Morgan fingerprint density at radius 3 is 2.45 bits per heavy atom. The molecule has 1 aromatic heterocycles. The van der Waals surface area contributed by atoms with E-state index in [4.69, 9.17) is 11.6 Å². The summed E-state index contributed by atoms with van der Waals surface area (Å²) in [4.78, 5) is 39.0. The number of rotatable bonds is 6. The highest BCUT2D eigenvalue weighted by atomic mass is 35.5. The number of aromatic amines is 1. The maximum Gasteiger partial charge on any atom is 0.313 e. The largest absolute Gasteiger partial charge is 0.481 e. The Hall–Kier alpha value is -2.86. The van der Waals surface area contributed by atoms with Gasteiger partial charge in [0.05, 0.1) is 5.41 Å². The van der Waals surface area contributed by atoms with Gasteiger partial charge in [0, 0.05) is 34.3 Å². The molecule has 0 bridgehead atoms. The molecule has 1 amide bonds. The van der Waals surface area contributed by atoms with E-state index in [0.717, 1.165) is 29.5 Å². The second-order valence-corrected chi connectivity index (χ2v) is 9.26. The summed E-state index contributed by atoms with van der Waals surface area (Å²) in [5, 5.41) is 12.8. The summed E-state index contributed by atoms with van der Waals surface area (Å²) in [6, 6.07) is 8.85. The number of hydrogen-bond donors (Lipinski definition) is 3. The highest BCUT2D eigenvalue weighted by molar-refractivity contribution is 6.32. The number of benzene rings is 1. The van der Waals surface area contributed by atoms with E-state index < -0.39 is 11.4 Å². The van der Waals surface area contributed by atoms with Crippen LogP contribution in [0.2, 0.25) is 5.02 Å². The molecule has 1 saturated heterocycles. The van der Waals surface area contributed by atoms with Gasteiger partial charge in [-0.3, -0.25) is 14.4 Å². The van der Waals surface area contributed by atoms with E-state index in [1.807, 2.05) is 24.3 Å². The molecule has 31 heavy (non-hydrogen) atoms. The van der Waals surface area contributed by atoms with Gasteiger partial charge in [0.15, 0.2) is 0 Å². The normalized spacial score (nSPS) is 19.4. The van der Waals surface area contributed by atoms with Crippen LogP contribution < -0.4 is 10.9 Å². The minimum absolute atomic E-state index is 0.00485. The molecule has 6 nitrogen and oxygen atoms in total. The molecule has 162 valence electrons. The first-order valence-corrected chi connectivity index (χ1v) is 10.8. The van der Waals surface area contributed by atoms with Crippen molar-refractivity contribution < 1.29 is 14.7 Å². The summed E-state index contributed by atoms with van der Waals surface area (Å²) in [7, 11) is 0. The smallest absolute Gasteiger partial charge is 0.313 e. The minimum atomic E-state index is -1.14. The number of carboxylic acids is 1. The van der Waals surface area contributed by atoms with Crippen LogP contribution in [0.3, 0.4) is 0 Å². The van der Waals surface area contributed by atoms with Gasteiger partial charge in [-0.05, 0) is 62.3 Å². The van der Waals surface area contributed by atoms with Crippen molar-refractivity contribution in [3.8, 4) is 0 Å². The van der Waals surface area contributed by atoms with Crippen molar-refractivity contribution >= 4 is 29.1 Å². The van der Waals surface area contributed by atoms with Crippen LogP contribution in [0.25, 0.3) is 5.57 Å². The van der Waals surface area contributed by atoms with Crippen molar-refractivity contribution in [2.24, 2.45) is 0 Å². The van der Waals surface area contributed by atoms with Gasteiger partial charge >= 0.3 is 5.97 Å². The molecule has 1 aliphatic heterocycles. The van der Waals surface area contributed by atoms with Gasteiger partial charge in [0.25, 0.3) is 5.56 Å². The highest BCUT2D eigenvalue weighted by Crippen LogP contribution is 2.39. The molecule has 2 aliphatic rings. The van der Waals surface area contributed by atoms with Crippen molar-refractivity contribution in [2.75, 3.05) is 0 Å². The number of aromatic nitrogens is 1. The van der Waals surface area contributed by atoms with E-state index >= 15 is 0 Å². The number of carbonyl (C=O) groups is 2. The molecule has 2 fully saturated rings. The van der Waals surface area contributed by atoms with Crippen LogP contribution >= 0.6 is 11.6 Å². The summed E-state index contributed by atoms with van der Waals surface area (Å²) < 4.78 is 0. The molecule has 0 radical (unpaired) electrons. The lowest BCUT2D eigenvalue weighted by atomic mass is 9.83. The predicted octanol–water partition coefficient (Wildman–Crippen LogP) is 3.98. The molecule has 0 spiro atoms. The van der Waals surface area contributed by atoms with Crippen molar-refractivity contribution in [1.82, 2.24) is 10.3 Å². The number of nitrogens with one attached hydrogen (secondary N) is 2. The standard InChI is InChI=1S/C24H25ClN2O4/c1-24(2,23(30)31)18-8-5-14(11-19(18)25)17(12-15-6-10-21(28)26-15)20-9-7-16(13-3-4-13)22(29)27-20/h5,7-9,11-13,15H,3-4,6,10H2,1-2H3,(H,26,28)(H,27,29)(H,30,31)/b17-12+/t15-/m1/s1. The molecule has 1 saturated carbocycles. The molecular formula is C24H25ClN2O4. The number of hydrogen-bond acceptors (Lipinski definition) is 3. The fourth-order valence-electron chi connectivity index (χ4n) is 3.97. The van der Waals surface area contributed by atoms with Crippen LogP contribution in [0.1, 0.15) is 67.8 Å². The van der Waals surface area contributed by atoms with Gasteiger partial charge in [-0.1, -0.05) is 35.9 Å². The van der Waals surface area contributed by atoms with Crippen LogP contribution in [-0.2, 0) is 15.0 Å². The van der Waals surface area contributed by atoms with Gasteiger partial charge in [-0.15, -0.1) is 0 Å². The second kappa shape index (κ2) is 8.00. The van der Waals surface area contributed by atoms with Crippen molar-refractivity contribution in [1.29, 1.82) is 0 Å². The SMILES string of the molecule is CC(C)(C(=O)O)c1ccc(/C(=C\[C@H]2CCC(=O)N2)c2ccc(C3CC3)c(=O)[nH]2)cc1Cl. The van der Waals surface area contributed by atoms with Crippen LogP contribution in [-0.4, -0.2) is 28.0 Å². The number of carboxylic acid groups (broad SMARTS) is 1. The third kappa shape index (κ3) is 4.30. The first kappa shape index (κ1) is 21.4. The Bertz CT molecular complexity index is 1140. The molecular weight excluding hydrogens is 416 g/mol. The molecule has 2 heterocycles. The second-order valence-electron chi connectivity index (χ2n) is 8.85. The van der Waals surface area contributed by atoms with E-state index in [1.54, 1.807) is 26.0 Å². The molecule has 2 aromatic rings. The van der Waals surface area contributed by atoms with Crippen molar-refractivity contribution in [3.63, 3.8) is 0 Å². The molecule has 7 heteroatoms. The minimum Gasteiger partial charge on any atom is -0.481 e. The first-order valence-electron chi connectivity index (χ1n) is 10.5. The third-order valence-electron chi connectivity index (χ3n) is 6.13. The Kier molecular flexibility index (Phi) is 5.52. The van der Waals surface area contributed by atoms with Crippen LogP contribution in [0.15, 0.2) is 41.2 Å². The van der Waals surface area contributed by atoms with E-state index in [2.05, 4.69) is 10.3 Å². The summed E-state index contributed by atoms with van der Waals surface area (Å²) >= 11 is 6.50. The third-order valence-corrected chi connectivity index (χ3v) is 6.44.